The van der Waals surface area contributed by atoms with E-state index in [0.717, 1.165) is 11.1 Å². The SMILES string of the molecule is COc1cccc([N+](=O)[O-])c1C#CCCNC(=O)OCC1c2ccccc2-c2ccccc21. The third kappa shape index (κ3) is 4.65. The molecule has 0 unspecified atom stereocenters. The maximum atomic E-state index is 12.2. The number of amides is 1. The number of hydrogen-bond acceptors (Lipinski definition) is 5. The van der Waals surface area contributed by atoms with Crippen molar-refractivity contribution in [1.29, 1.82) is 0 Å². The highest BCUT2D eigenvalue weighted by molar-refractivity contribution is 5.79. The number of nitro benzene ring substituents is 1. The number of carbonyl (C=O) groups excluding carboxylic acids is 1. The first kappa shape index (κ1) is 21.9. The second kappa shape index (κ2) is 9.88. The Labute approximate surface area is 191 Å². The molecular formula is C26H22N2O5. The summed E-state index contributed by atoms with van der Waals surface area (Å²) >= 11 is 0. The summed E-state index contributed by atoms with van der Waals surface area (Å²) in [7, 11) is 1.43. The fourth-order valence-corrected chi connectivity index (χ4v) is 3.99. The molecule has 0 bridgehead atoms. The summed E-state index contributed by atoms with van der Waals surface area (Å²) in [5.41, 5.74) is 4.73. The molecule has 0 radical (unpaired) electrons. The fourth-order valence-electron chi connectivity index (χ4n) is 3.99. The molecule has 3 aromatic carbocycles. The number of nitro groups is 1. The summed E-state index contributed by atoms with van der Waals surface area (Å²) in [4.78, 5) is 22.9. The van der Waals surface area contributed by atoms with Crippen LogP contribution in [0.4, 0.5) is 10.5 Å². The molecule has 7 heteroatoms. The van der Waals surface area contributed by atoms with E-state index in [1.54, 1.807) is 12.1 Å². The van der Waals surface area contributed by atoms with Crippen molar-refractivity contribution in [1.82, 2.24) is 5.32 Å². The first-order chi connectivity index (χ1) is 16.1. The van der Waals surface area contributed by atoms with Crippen LogP contribution in [-0.4, -0.2) is 31.3 Å². The maximum absolute atomic E-state index is 12.2. The molecule has 1 amide bonds. The van der Waals surface area contributed by atoms with Crippen molar-refractivity contribution in [2.75, 3.05) is 20.3 Å². The maximum Gasteiger partial charge on any atom is 0.407 e. The van der Waals surface area contributed by atoms with E-state index in [0.29, 0.717) is 12.2 Å². The number of nitrogens with zero attached hydrogens (tertiary/aromatic N) is 1. The first-order valence-electron chi connectivity index (χ1n) is 10.5. The predicted molar refractivity (Wildman–Crippen MR) is 124 cm³/mol. The summed E-state index contributed by atoms with van der Waals surface area (Å²) in [6.07, 6.45) is -0.221. The molecule has 0 aliphatic heterocycles. The zero-order chi connectivity index (χ0) is 23.2. The number of fused-ring (bicyclic) bond motifs is 3. The van der Waals surface area contributed by atoms with Crippen LogP contribution in [-0.2, 0) is 4.74 Å². The van der Waals surface area contributed by atoms with Gasteiger partial charge in [0.25, 0.3) is 5.69 Å². The molecule has 0 atom stereocenters. The number of methoxy groups -OCH3 is 1. The van der Waals surface area contributed by atoms with Crippen LogP contribution in [0.3, 0.4) is 0 Å². The van der Waals surface area contributed by atoms with E-state index in [-0.39, 0.29) is 30.3 Å². The number of ether oxygens (including phenoxy) is 2. The molecule has 1 N–H and O–H groups in total. The summed E-state index contributed by atoms with van der Waals surface area (Å²) in [6, 6.07) is 20.8. The number of hydrogen-bond donors (Lipinski definition) is 1. The molecular weight excluding hydrogens is 420 g/mol. The molecule has 0 aromatic heterocycles. The number of carbonyl (C=O) groups is 1. The van der Waals surface area contributed by atoms with Gasteiger partial charge in [0.2, 0.25) is 0 Å². The van der Waals surface area contributed by atoms with Gasteiger partial charge < -0.3 is 14.8 Å². The van der Waals surface area contributed by atoms with Gasteiger partial charge in [-0.2, -0.15) is 0 Å². The van der Waals surface area contributed by atoms with Crippen LogP contribution < -0.4 is 10.1 Å². The number of nitrogens with one attached hydrogen (secondary N) is 1. The molecule has 4 rings (SSSR count). The Hall–Kier alpha value is -4.31. The van der Waals surface area contributed by atoms with Gasteiger partial charge in [0.05, 0.1) is 12.0 Å². The first-order valence-corrected chi connectivity index (χ1v) is 10.5. The van der Waals surface area contributed by atoms with Crippen LogP contribution in [0, 0.1) is 22.0 Å². The van der Waals surface area contributed by atoms with E-state index in [1.165, 1.54) is 24.3 Å². The fraction of sp³-hybridized carbons (Fsp3) is 0.192. The lowest BCUT2D eigenvalue weighted by atomic mass is 9.98. The van der Waals surface area contributed by atoms with Gasteiger partial charge in [-0.15, -0.1) is 0 Å². The molecule has 0 fully saturated rings. The predicted octanol–water partition coefficient (Wildman–Crippen LogP) is 4.88. The third-order valence-corrected chi connectivity index (χ3v) is 5.50. The van der Waals surface area contributed by atoms with Crippen LogP contribution in [0.15, 0.2) is 66.7 Å². The molecule has 0 spiro atoms. The van der Waals surface area contributed by atoms with Crippen molar-refractivity contribution in [3.05, 3.63) is 93.5 Å². The Morgan fingerprint density at radius 1 is 1.03 bits per heavy atom. The van der Waals surface area contributed by atoms with Crippen LogP contribution >= 0.6 is 0 Å². The van der Waals surface area contributed by atoms with Crippen LogP contribution in [0.1, 0.15) is 29.0 Å². The van der Waals surface area contributed by atoms with Crippen molar-refractivity contribution < 1.29 is 19.2 Å². The lowest BCUT2D eigenvalue weighted by Crippen LogP contribution is -2.26. The highest BCUT2D eigenvalue weighted by Crippen LogP contribution is 2.44. The van der Waals surface area contributed by atoms with Crippen LogP contribution in [0.25, 0.3) is 11.1 Å². The van der Waals surface area contributed by atoms with Crippen LogP contribution in [0.2, 0.25) is 0 Å². The quantitative estimate of drug-likeness (QED) is 0.254. The van der Waals surface area contributed by atoms with Crippen molar-refractivity contribution in [3.63, 3.8) is 0 Å². The minimum absolute atomic E-state index is 0.00552. The van der Waals surface area contributed by atoms with Gasteiger partial charge in [0, 0.05) is 24.9 Å². The Morgan fingerprint density at radius 2 is 1.70 bits per heavy atom. The monoisotopic (exact) mass is 442 g/mol. The average molecular weight is 442 g/mol. The normalized spacial score (nSPS) is 11.5. The van der Waals surface area contributed by atoms with Gasteiger partial charge in [-0.3, -0.25) is 10.1 Å². The Balaban J connectivity index is 1.32. The third-order valence-electron chi connectivity index (χ3n) is 5.50. The van der Waals surface area contributed by atoms with E-state index in [2.05, 4.69) is 41.4 Å². The van der Waals surface area contributed by atoms with E-state index in [9.17, 15) is 14.9 Å². The largest absolute Gasteiger partial charge is 0.495 e. The lowest BCUT2D eigenvalue weighted by molar-refractivity contribution is -0.385. The second-order valence-corrected chi connectivity index (χ2v) is 7.42. The summed E-state index contributed by atoms with van der Waals surface area (Å²) < 4.78 is 10.6. The molecule has 0 saturated carbocycles. The van der Waals surface area contributed by atoms with E-state index in [4.69, 9.17) is 9.47 Å². The Bertz CT molecular complexity index is 1210. The topological polar surface area (TPSA) is 90.7 Å². The smallest absolute Gasteiger partial charge is 0.407 e. The molecule has 166 valence electrons. The van der Waals surface area contributed by atoms with Crippen molar-refractivity contribution in [3.8, 4) is 28.7 Å². The standard InChI is InChI=1S/C26H22N2O5/c1-32-25-15-8-14-24(28(30)31)22(25)13-6-7-16-27-26(29)33-17-23-20-11-4-2-9-18(20)19-10-3-5-12-21(19)23/h2-5,8-12,14-15,23H,7,16-17H2,1H3,(H,27,29). The Morgan fingerprint density at radius 3 is 2.33 bits per heavy atom. The molecule has 1 aliphatic carbocycles. The van der Waals surface area contributed by atoms with Crippen molar-refractivity contribution in [2.45, 2.75) is 12.3 Å². The van der Waals surface area contributed by atoms with Crippen molar-refractivity contribution >= 4 is 11.8 Å². The highest BCUT2D eigenvalue weighted by atomic mass is 16.6. The minimum Gasteiger partial charge on any atom is -0.495 e. The van der Waals surface area contributed by atoms with Gasteiger partial charge in [-0.1, -0.05) is 66.4 Å². The highest BCUT2D eigenvalue weighted by Gasteiger charge is 2.28. The van der Waals surface area contributed by atoms with E-state index < -0.39 is 11.0 Å². The summed E-state index contributed by atoms with van der Waals surface area (Å²) in [6.45, 7) is 0.492. The molecule has 0 saturated heterocycles. The zero-order valence-corrected chi connectivity index (χ0v) is 18.0. The molecule has 3 aromatic rings. The van der Waals surface area contributed by atoms with Gasteiger partial charge in [0.1, 0.15) is 17.9 Å². The molecule has 0 heterocycles. The molecule has 7 nitrogen and oxygen atoms in total. The summed E-state index contributed by atoms with van der Waals surface area (Å²) in [5.74, 6) is 5.95. The van der Waals surface area contributed by atoms with Gasteiger partial charge in [0.15, 0.2) is 0 Å². The second-order valence-electron chi connectivity index (χ2n) is 7.42. The van der Waals surface area contributed by atoms with E-state index in [1.807, 2.05) is 24.3 Å². The van der Waals surface area contributed by atoms with Crippen LogP contribution in [0.5, 0.6) is 5.75 Å². The lowest BCUT2D eigenvalue weighted by Gasteiger charge is -2.14. The van der Waals surface area contributed by atoms with Gasteiger partial charge in [-0.25, -0.2) is 4.79 Å². The zero-order valence-electron chi connectivity index (χ0n) is 18.0. The summed E-state index contributed by atoms with van der Waals surface area (Å²) in [5, 5.41) is 13.9. The molecule has 33 heavy (non-hydrogen) atoms. The van der Waals surface area contributed by atoms with Crippen molar-refractivity contribution in [2.24, 2.45) is 0 Å². The van der Waals surface area contributed by atoms with E-state index >= 15 is 0 Å². The average Bonchev–Trinajstić information content (AvgIpc) is 3.16. The van der Waals surface area contributed by atoms with Gasteiger partial charge >= 0.3 is 6.09 Å². The Kier molecular flexibility index (Phi) is 6.56. The minimum atomic E-state index is -0.526. The number of rotatable bonds is 6. The number of alkyl carbamates (subject to hydrolysis) is 1. The molecule has 1 aliphatic rings. The number of benzene rings is 3. The van der Waals surface area contributed by atoms with Gasteiger partial charge in [-0.05, 0) is 28.3 Å².